The summed E-state index contributed by atoms with van der Waals surface area (Å²) in [4.78, 5) is 2.06. The smallest absolute Gasteiger partial charge is 0.231 e. The molecule has 152 valence electrons. The number of hydrogen-bond acceptors (Lipinski definition) is 5. The van der Waals surface area contributed by atoms with Gasteiger partial charge < -0.3 is 14.4 Å². The van der Waals surface area contributed by atoms with Gasteiger partial charge in [-0.1, -0.05) is 11.8 Å². The van der Waals surface area contributed by atoms with Crippen molar-refractivity contribution in [2.24, 2.45) is 0 Å². The lowest BCUT2D eigenvalue weighted by atomic mass is 10.2. The summed E-state index contributed by atoms with van der Waals surface area (Å²) in [5.74, 6) is 6.96. The molecular formula is C21H21FN2O4S. The van der Waals surface area contributed by atoms with Crippen LogP contribution in [0.4, 0.5) is 10.1 Å². The van der Waals surface area contributed by atoms with Crippen LogP contribution in [0.1, 0.15) is 12.0 Å². The summed E-state index contributed by atoms with van der Waals surface area (Å²) in [5, 5.41) is 0. The maximum atomic E-state index is 13.1. The number of benzene rings is 2. The van der Waals surface area contributed by atoms with E-state index in [2.05, 4.69) is 16.7 Å². The monoisotopic (exact) mass is 416 g/mol. The molecule has 0 spiro atoms. The number of halogens is 1. The second kappa shape index (κ2) is 8.31. The average molecular weight is 416 g/mol. The lowest BCUT2D eigenvalue weighted by Crippen LogP contribution is -2.49. The van der Waals surface area contributed by atoms with Gasteiger partial charge in [-0.3, -0.25) is 0 Å². The highest BCUT2D eigenvalue weighted by molar-refractivity contribution is 7.89. The average Bonchev–Trinajstić information content (AvgIpc) is 3.20. The number of anilines is 1. The van der Waals surface area contributed by atoms with Crippen molar-refractivity contribution in [2.45, 2.75) is 6.42 Å². The van der Waals surface area contributed by atoms with Crippen molar-refractivity contribution < 1.29 is 22.3 Å². The van der Waals surface area contributed by atoms with E-state index in [4.69, 9.17) is 9.47 Å². The quantitative estimate of drug-likeness (QED) is 0.717. The summed E-state index contributed by atoms with van der Waals surface area (Å²) in [7, 11) is -3.36. The Labute approximate surface area is 169 Å². The number of rotatable bonds is 4. The number of ether oxygens (including phenoxy) is 2. The van der Waals surface area contributed by atoms with Gasteiger partial charge in [0.25, 0.3) is 0 Å². The van der Waals surface area contributed by atoms with Gasteiger partial charge in [0.2, 0.25) is 16.8 Å². The van der Waals surface area contributed by atoms with E-state index in [0.29, 0.717) is 37.7 Å². The first-order valence-electron chi connectivity index (χ1n) is 9.38. The summed E-state index contributed by atoms with van der Waals surface area (Å²) < 4.78 is 50.3. The molecule has 29 heavy (non-hydrogen) atoms. The second-order valence-electron chi connectivity index (χ2n) is 6.80. The van der Waals surface area contributed by atoms with E-state index in [-0.39, 0.29) is 24.8 Å². The molecule has 2 heterocycles. The minimum atomic E-state index is -3.36. The van der Waals surface area contributed by atoms with Crippen molar-refractivity contribution in [2.75, 3.05) is 43.6 Å². The van der Waals surface area contributed by atoms with Crippen molar-refractivity contribution in [1.29, 1.82) is 0 Å². The highest BCUT2D eigenvalue weighted by Crippen LogP contribution is 2.32. The Morgan fingerprint density at radius 1 is 0.966 bits per heavy atom. The van der Waals surface area contributed by atoms with Crippen molar-refractivity contribution in [3.05, 3.63) is 53.8 Å². The van der Waals surface area contributed by atoms with Crippen LogP contribution in [-0.4, -0.2) is 51.4 Å². The molecule has 0 aliphatic carbocycles. The Morgan fingerprint density at radius 3 is 2.45 bits per heavy atom. The third kappa shape index (κ3) is 4.63. The molecule has 2 aliphatic heterocycles. The second-order valence-corrected chi connectivity index (χ2v) is 8.89. The van der Waals surface area contributed by atoms with Crippen molar-refractivity contribution in [1.82, 2.24) is 4.31 Å². The molecule has 0 bridgehead atoms. The zero-order chi connectivity index (χ0) is 20.3. The molecule has 0 N–H and O–H groups in total. The van der Waals surface area contributed by atoms with Crippen LogP contribution in [0, 0.1) is 17.7 Å². The molecule has 8 heteroatoms. The van der Waals surface area contributed by atoms with Crippen LogP contribution in [0.2, 0.25) is 0 Å². The predicted molar refractivity (Wildman–Crippen MR) is 108 cm³/mol. The molecule has 0 unspecified atom stereocenters. The van der Waals surface area contributed by atoms with Gasteiger partial charge in [-0.2, -0.15) is 4.31 Å². The predicted octanol–water partition coefficient (Wildman–Crippen LogP) is 2.45. The van der Waals surface area contributed by atoms with Gasteiger partial charge in [0, 0.05) is 43.9 Å². The van der Waals surface area contributed by atoms with E-state index in [1.54, 1.807) is 24.3 Å². The molecule has 0 atom stereocenters. The first-order chi connectivity index (χ1) is 14.0. The first-order valence-corrected chi connectivity index (χ1v) is 11.0. The molecule has 2 aromatic carbocycles. The van der Waals surface area contributed by atoms with Crippen molar-refractivity contribution in [3.8, 4) is 23.3 Å². The van der Waals surface area contributed by atoms with E-state index in [9.17, 15) is 12.8 Å². The molecule has 0 radical (unpaired) electrons. The lowest BCUT2D eigenvalue weighted by molar-refractivity contribution is 0.174. The van der Waals surface area contributed by atoms with Gasteiger partial charge in [0.05, 0.1) is 5.75 Å². The van der Waals surface area contributed by atoms with Crippen molar-refractivity contribution >= 4 is 15.7 Å². The van der Waals surface area contributed by atoms with Gasteiger partial charge in [-0.25, -0.2) is 12.8 Å². The molecule has 6 nitrogen and oxygen atoms in total. The van der Waals surface area contributed by atoms with Crippen LogP contribution >= 0.6 is 0 Å². The summed E-state index contributed by atoms with van der Waals surface area (Å²) in [6, 6.07) is 11.7. The van der Waals surface area contributed by atoms with Crippen molar-refractivity contribution in [3.63, 3.8) is 0 Å². The normalized spacial score (nSPS) is 16.4. The molecular weight excluding hydrogens is 395 g/mol. The van der Waals surface area contributed by atoms with E-state index >= 15 is 0 Å². The third-order valence-corrected chi connectivity index (χ3v) is 6.79. The minimum Gasteiger partial charge on any atom is -0.454 e. The van der Waals surface area contributed by atoms with Crippen LogP contribution in [0.15, 0.2) is 42.5 Å². The standard InChI is InChI=1S/C21H21FN2O4S/c22-18-5-7-19(8-6-18)23-10-12-24(13-11-23)29(25,26)14-2-1-3-17-4-9-20-21(15-17)28-16-27-20/h4-9,15H,2,10-14,16H2. The number of nitrogens with zero attached hydrogens (tertiary/aromatic N) is 2. The zero-order valence-electron chi connectivity index (χ0n) is 15.8. The summed E-state index contributed by atoms with van der Waals surface area (Å²) in [5.41, 5.74) is 1.66. The number of hydrogen-bond donors (Lipinski definition) is 0. The molecule has 1 saturated heterocycles. The summed E-state index contributed by atoms with van der Waals surface area (Å²) in [6.45, 7) is 2.19. The fraction of sp³-hybridized carbons (Fsp3) is 0.333. The van der Waals surface area contributed by atoms with Gasteiger partial charge in [0.1, 0.15) is 5.82 Å². The highest BCUT2D eigenvalue weighted by atomic mass is 32.2. The molecule has 2 aromatic rings. The maximum absolute atomic E-state index is 13.1. The maximum Gasteiger partial charge on any atom is 0.231 e. The molecule has 4 rings (SSSR count). The number of piperazine rings is 1. The first kappa shape index (κ1) is 19.6. The molecule has 0 aromatic heterocycles. The fourth-order valence-electron chi connectivity index (χ4n) is 3.32. The zero-order valence-corrected chi connectivity index (χ0v) is 16.6. The number of sulfonamides is 1. The van der Waals surface area contributed by atoms with Crippen LogP contribution in [-0.2, 0) is 10.0 Å². The van der Waals surface area contributed by atoms with Crippen LogP contribution in [0.25, 0.3) is 0 Å². The largest absolute Gasteiger partial charge is 0.454 e. The van der Waals surface area contributed by atoms with Gasteiger partial charge >= 0.3 is 0 Å². The topological polar surface area (TPSA) is 59.1 Å². The molecule has 0 amide bonds. The number of fused-ring (bicyclic) bond motifs is 1. The van der Waals surface area contributed by atoms with E-state index in [1.807, 2.05) is 6.07 Å². The molecule has 1 fully saturated rings. The van der Waals surface area contributed by atoms with Gasteiger partial charge in [-0.15, -0.1) is 0 Å². The highest BCUT2D eigenvalue weighted by Gasteiger charge is 2.26. The Kier molecular flexibility index (Phi) is 5.60. The Bertz CT molecular complexity index is 1040. The minimum absolute atomic E-state index is 0.0128. The van der Waals surface area contributed by atoms with E-state index in [1.165, 1.54) is 16.4 Å². The molecule has 0 saturated carbocycles. The molecule has 2 aliphatic rings. The Hall–Kier alpha value is -2.76. The van der Waals surface area contributed by atoms with E-state index in [0.717, 1.165) is 11.3 Å². The fourth-order valence-corrected chi connectivity index (χ4v) is 4.66. The Balaban J connectivity index is 1.29. The van der Waals surface area contributed by atoms with Crippen LogP contribution in [0.5, 0.6) is 11.5 Å². The SMILES string of the molecule is O=S(=O)(CCC#Cc1ccc2c(c1)OCO2)N1CCN(c2ccc(F)cc2)CC1. The lowest BCUT2D eigenvalue weighted by Gasteiger charge is -2.35. The summed E-state index contributed by atoms with van der Waals surface area (Å²) >= 11 is 0. The van der Waals surface area contributed by atoms with Gasteiger partial charge in [0.15, 0.2) is 11.5 Å². The third-order valence-electron chi connectivity index (χ3n) is 4.91. The van der Waals surface area contributed by atoms with Crippen LogP contribution in [0.3, 0.4) is 0 Å². The summed E-state index contributed by atoms with van der Waals surface area (Å²) in [6.07, 6.45) is 0.259. The Morgan fingerprint density at radius 2 is 1.69 bits per heavy atom. The van der Waals surface area contributed by atoms with Gasteiger partial charge in [-0.05, 0) is 42.5 Å². The van der Waals surface area contributed by atoms with Crippen LogP contribution < -0.4 is 14.4 Å². The van der Waals surface area contributed by atoms with E-state index < -0.39 is 10.0 Å².